The van der Waals surface area contributed by atoms with Crippen LogP contribution in [-0.4, -0.2) is 4.98 Å². The van der Waals surface area contributed by atoms with Crippen molar-refractivity contribution in [2.45, 2.75) is 13.0 Å². The number of nitrogens with two attached hydrogens (primary N) is 2. The largest absolute Gasteiger partial charge is 0.383 e. The number of anilines is 1. The maximum absolute atomic E-state index is 5.73. The van der Waals surface area contributed by atoms with E-state index in [0.29, 0.717) is 5.82 Å². The van der Waals surface area contributed by atoms with E-state index in [0.717, 1.165) is 11.1 Å². The summed E-state index contributed by atoms with van der Waals surface area (Å²) in [5, 5.41) is 0. The van der Waals surface area contributed by atoms with Gasteiger partial charge in [0.15, 0.2) is 0 Å². The van der Waals surface area contributed by atoms with E-state index in [2.05, 4.69) is 11.6 Å². The highest BCUT2D eigenvalue weighted by Gasteiger charge is 2.06. The summed E-state index contributed by atoms with van der Waals surface area (Å²) in [5.41, 5.74) is 13.2. The summed E-state index contributed by atoms with van der Waals surface area (Å²) in [6.45, 7) is 5.55. The van der Waals surface area contributed by atoms with Crippen LogP contribution >= 0.6 is 0 Å². The van der Waals surface area contributed by atoms with Gasteiger partial charge >= 0.3 is 0 Å². The van der Waals surface area contributed by atoms with Gasteiger partial charge in [-0.1, -0.05) is 6.08 Å². The minimum atomic E-state index is -0.225. The van der Waals surface area contributed by atoms with Gasteiger partial charge < -0.3 is 11.5 Å². The summed E-state index contributed by atoms with van der Waals surface area (Å²) in [5.74, 6) is 0.480. The summed E-state index contributed by atoms with van der Waals surface area (Å²) in [6.07, 6.45) is 3.36. The van der Waals surface area contributed by atoms with Gasteiger partial charge in [0.05, 0.1) is 6.04 Å². The molecule has 3 heteroatoms. The molecule has 1 atom stereocenters. The third-order valence-corrected chi connectivity index (χ3v) is 1.70. The normalized spacial score (nSPS) is 12.5. The SMILES string of the molecule is C=CC(N)c1cc(C)cnc1N. The monoisotopic (exact) mass is 163 g/mol. The molecule has 0 bridgehead atoms. The Labute approximate surface area is 72.1 Å². The van der Waals surface area contributed by atoms with Crippen molar-refractivity contribution in [3.63, 3.8) is 0 Å². The van der Waals surface area contributed by atoms with Gasteiger partial charge in [-0.15, -0.1) is 6.58 Å². The molecule has 4 N–H and O–H groups in total. The van der Waals surface area contributed by atoms with Crippen LogP contribution in [0, 0.1) is 6.92 Å². The van der Waals surface area contributed by atoms with E-state index in [9.17, 15) is 0 Å². The van der Waals surface area contributed by atoms with E-state index in [1.54, 1.807) is 12.3 Å². The van der Waals surface area contributed by atoms with Crippen LogP contribution < -0.4 is 11.5 Å². The van der Waals surface area contributed by atoms with Gasteiger partial charge in [-0.2, -0.15) is 0 Å². The van der Waals surface area contributed by atoms with Crippen LogP contribution in [0.15, 0.2) is 24.9 Å². The number of pyridine rings is 1. The molecule has 64 valence electrons. The minimum Gasteiger partial charge on any atom is -0.383 e. The Kier molecular flexibility index (Phi) is 2.45. The predicted octanol–water partition coefficient (Wildman–Crippen LogP) is 1.16. The quantitative estimate of drug-likeness (QED) is 0.643. The molecule has 0 aliphatic rings. The molecule has 0 amide bonds. The lowest BCUT2D eigenvalue weighted by Crippen LogP contribution is -2.10. The molecule has 1 heterocycles. The molecule has 0 spiro atoms. The summed E-state index contributed by atoms with van der Waals surface area (Å²) in [7, 11) is 0. The maximum atomic E-state index is 5.73. The molecular weight excluding hydrogens is 150 g/mol. The number of aryl methyl sites for hydroxylation is 1. The molecule has 1 aromatic heterocycles. The number of hydrogen-bond donors (Lipinski definition) is 2. The second-order valence-corrected chi connectivity index (χ2v) is 2.75. The lowest BCUT2D eigenvalue weighted by molar-refractivity contribution is 0.906. The predicted molar refractivity (Wildman–Crippen MR) is 50.5 cm³/mol. The average Bonchev–Trinajstić information content (AvgIpc) is 2.08. The van der Waals surface area contributed by atoms with Crippen LogP contribution in [0.2, 0.25) is 0 Å². The zero-order chi connectivity index (χ0) is 9.14. The van der Waals surface area contributed by atoms with Gasteiger partial charge in [-0.3, -0.25) is 0 Å². The fraction of sp³-hybridized carbons (Fsp3) is 0.222. The van der Waals surface area contributed by atoms with Gasteiger partial charge in [0.2, 0.25) is 0 Å². The lowest BCUT2D eigenvalue weighted by Gasteiger charge is -2.09. The van der Waals surface area contributed by atoms with Crippen molar-refractivity contribution in [2.24, 2.45) is 5.73 Å². The lowest BCUT2D eigenvalue weighted by atomic mass is 10.1. The standard InChI is InChI=1S/C9H13N3/c1-3-8(10)7-4-6(2)5-12-9(7)11/h3-5,8H,1,10H2,2H3,(H2,11,12). The highest BCUT2D eigenvalue weighted by Crippen LogP contribution is 2.17. The topological polar surface area (TPSA) is 64.9 Å². The van der Waals surface area contributed by atoms with Gasteiger partial charge in [0.1, 0.15) is 5.82 Å². The van der Waals surface area contributed by atoms with E-state index in [4.69, 9.17) is 11.5 Å². The second kappa shape index (κ2) is 3.36. The van der Waals surface area contributed by atoms with Crippen molar-refractivity contribution in [2.75, 3.05) is 5.73 Å². The number of rotatable bonds is 2. The molecule has 0 aromatic carbocycles. The Balaban J connectivity index is 3.12. The van der Waals surface area contributed by atoms with Gasteiger partial charge in [0.25, 0.3) is 0 Å². The molecule has 0 radical (unpaired) electrons. The van der Waals surface area contributed by atoms with Crippen molar-refractivity contribution in [3.8, 4) is 0 Å². The summed E-state index contributed by atoms with van der Waals surface area (Å²) in [4.78, 5) is 4.00. The Morgan fingerprint density at radius 1 is 1.67 bits per heavy atom. The van der Waals surface area contributed by atoms with Gasteiger partial charge in [0, 0.05) is 11.8 Å². The van der Waals surface area contributed by atoms with E-state index in [1.165, 1.54) is 0 Å². The van der Waals surface area contributed by atoms with Crippen LogP contribution in [0.25, 0.3) is 0 Å². The summed E-state index contributed by atoms with van der Waals surface area (Å²) in [6, 6.07) is 1.70. The minimum absolute atomic E-state index is 0.225. The Morgan fingerprint density at radius 2 is 2.33 bits per heavy atom. The zero-order valence-electron chi connectivity index (χ0n) is 7.12. The first-order valence-corrected chi connectivity index (χ1v) is 3.75. The van der Waals surface area contributed by atoms with E-state index < -0.39 is 0 Å². The molecule has 3 nitrogen and oxygen atoms in total. The third-order valence-electron chi connectivity index (χ3n) is 1.70. The summed E-state index contributed by atoms with van der Waals surface area (Å²) >= 11 is 0. The first-order valence-electron chi connectivity index (χ1n) is 3.75. The molecule has 1 unspecified atom stereocenters. The summed E-state index contributed by atoms with van der Waals surface area (Å²) < 4.78 is 0. The average molecular weight is 163 g/mol. The van der Waals surface area contributed by atoms with Crippen LogP contribution in [0.3, 0.4) is 0 Å². The fourth-order valence-corrected chi connectivity index (χ4v) is 0.996. The highest BCUT2D eigenvalue weighted by molar-refractivity contribution is 5.44. The fourth-order valence-electron chi connectivity index (χ4n) is 0.996. The molecule has 12 heavy (non-hydrogen) atoms. The van der Waals surface area contributed by atoms with Crippen molar-refractivity contribution >= 4 is 5.82 Å². The number of nitrogens with zero attached hydrogens (tertiary/aromatic N) is 1. The first-order chi connectivity index (χ1) is 5.65. The third kappa shape index (κ3) is 1.62. The molecular formula is C9H13N3. The van der Waals surface area contributed by atoms with E-state index >= 15 is 0 Å². The smallest absolute Gasteiger partial charge is 0.128 e. The van der Waals surface area contributed by atoms with E-state index in [1.807, 2.05) is 13.0 Å². The molecule has 0 saturated heterocycles. The van der Waals surface area contributed by atoms with E-state index in [-0.39, 0.29) is 6.04 Å². The molecule has 0 aliphatic carbocycles. The van der Waals surface area contributed by atoms with Crippen LogP contribution in [-0.2, 0) is 0 Å². The Morgan fingerprint density at radius 3 is 2.92 bits per heavy atom. The number of hydrogen-bond acceptors (Lipinski definition) is 3. The van der Waals surface area contributed by atoms with Crippen molar-refractivity contribution in [3.05, 3.63) is 36.0 Å². The molecule has 0 fully saturated rings. The van der Waals surface area contributed by atoms with Crippen molar-refractivity contribution in [1.82, 2.24) is 4.98 Å². The van der Waals surface area contributed by atoms with Crippen molar-refractivity contribution < 1.29 is 0 Å². The molecule has 0 aliphatic heterocycles. The number of nitrogen functional groups attached to an aromatic ring is 1. The highest BCUT2D eigenvalue weighted by atomic mass is 14.8. The van der Waals surface area contributed by atoms with Crippen LogP contribution in [0.4, 0.5) is 5.82 Å². The van der Waals surface area contributed by atoms with Gasteiger partial charge in [-0.05, 0) is 18.6 Å². The Bertz CT molecular complexity index is 294. The van der Waals surface area contributed by atoms with Crippen molar-refractivity contribution in [1.29, 1.82) is 0 Å². The number of aromatic nitrogens is 1. The molecule has 1 aromatic rings. The van der Waals surface area contributed by atoms with Crippen LogP contribution in [0.1, 0.15) is 17.2 Å². The second-order valence-electron chi connectivity index (χ2n) is 2.75. The molecule has 0 saturated carbocycles. The van der Waals surface area contributed by atoms with Crippen LogP contribution in [0.5, 0.6) is 0 Å². The molecule has 1 rings (SSSR count). The Hall–Kier alpha value is -1.35. The maximum Gasteiger partial charge on any atom is 0.128 e. The van der Waals surface area contributed by atoms with Gasteiger partial charge in [-0.25, -0.2) is 4.98 Å². The first kappa shape index (κ1) is 8.74. The zero-order valence-corrected chi connectivity index (χ0v) is 7.12.